The highest BCUT2D eigenvalue weighted by Gasteiger charge is 2.15. The quantitative estimate of drug-likeness (QED) is 0.539. The van der Waals surface area contributed by atoms with Crippen molar-refractivity contribution < 1.29 is 18.0 Å². The molecule has 0 fully saturated rings. The molecule has 4 N–H and O–H groups in total. The minimum Gasteiger partial charge on any atom is -0.346 e. The zero-order valence-electron chi connectivity index (χ0n) is 8.14. The maximum absolute atomic E-state index is 13.1. The van der Waals surface area contributed by atoms with Gasteiger partial charge in [0.15, 0.2) is 0 Å². The molecule has 0 heterocycles. The van der Waals surface area contributed by atoms with Gasteiger partial charge in [0.1, 0.15) is 5.82 Å². The van der Waals surface area contributed by atoms with E-state index in [0.29, 0.717) is 0 Å². The molecule has 0 saturated heterocycles. The van der Waals surface area contributed by atoms with Crippen LogP contribution < -0.4 is 16.6 Å². The predicted octanol–water partition coefficient (Wildman–Crippen LogP) is 1.11. The molecule has 4 nitrogen and oxygen atoms in total. The lowest BCUT2D eigenvalue weighted by Crippen LogP contribution is -2.29. The Bertz CT molecular complexity index is 384. The van der Waals surface area contributed by atoms with E-state index >= 15 is 0 Å². The number of carbonyl (C=O) groups excluding carboxylic acids is 1. The van der Waals surface area contributed by atoms with Crippen LogP contribution in [0.15, 0.2) is 18.2 Å². The van der Waals surface area contributed by atoms with Crippen LogP contribution in [0.1, 0.15) is 10.4 Å². The maximum atomic E-state index is 13.1. The first kappa shape index (κ1) is 12.3. The second-order valence-corrected chi connectivity index (χ2v) is 2.91. The van der Waals surface area contributed by atoms with Gasteiger partial charge < -0.3 is 10.7 Å². The first-order chi connectivity index (χ1) is 7.56. The van der Waals surface area contributed by atoms with Crippen LogP contribution in [0.5, 0.6) is 0 Å². The number of nitrogens with one attached hydrogen (secondary N) is 2. The van der Waals surface area contributed by atoms with Crippen LogP contribution in [0, 0.1) is 5.82 Å². The molecule has 0 aliphatic heterocycles. The number of anilines is 1. The number of benzene rings is 1. The van der Waals surface area contributed by atoms with Crippen LogP contribution in [0.3, 0.4) is 0 Å². The third-order valence-corrected chi connectivity index (χ3v) is 1.82. The Morgan fingerprint density at radius 3 is 2.69 bits per heavy atom. The summed E-state index contributed by atoms with van der Waals surface area (Å²) in [6, 6.07) is 3.66. The highest BCUT2D eigenvalue weighted by molar-refractivity contribution is 5.99. The number of alkyl halides is 2. The first-order valence-corrected chi connectivity index (χ1v) is 4.37. The van der Waals surface area contributed by atoms with E-state index in [2.05, 4.69) is 0 Å². The topological polar surface area (TPSA) is 67.1 Å². The van der Waals surface area contributed by atoms with Crippen molar-refractivity contribution >= 4 is 11.6 Å². The summed E-state index contributed by atoms with van der Waals surface area (Å²) in [5.74, 6) is 3.49. The molecule has 0 radical (unpaired) electrons. The summed E-state index contributed by atoms with van der Waals surface area (Å²) < 4.78 is 36.8. The van der Waals surface area contributed by atoms with Crippen molar-refractivity contribution in [1.82, 2.24) is 5.32 Å². The number of nitrogen functional groups attached to an aromatic ring is 1. The SMILES string of the molecule is NNc1c(F)cccc1C(=O)NCC(F)F. The average Bonchev–Trinajstić information content (AvgIpc) is 2.25. The van der Waals surface area contributed by atoms with Gasteiger partial charge in [0.05, 0.1) is 17.8 Å². The molecule has 0 unspecified atom stereocenters. The Labute approximate surface area is 89.6 Å². The standard InChI is InChI=1S/C9H10F3N3O/c10-6-3-1-2-5(8(6)15-13)9(16)14-4-7(11)12/h1-3,7,15H,4,13H2,(H,14,16). The molecule has 0 aliphatic carbocycles. The van der Waals surface area contributed by atoms with E-state index in [9.17, 15) is 18.0 Å². The molecular weight excluding hydrogens is 223 g/mol. The summed E-state index contributed by atoms with van der Waals surface area (Å²) in [5.41, 5.74) is 1.66. The molecule has 0 spiro atoms. The largest absolute Gasteiger partial charge is 0.346 e. The molecule has 0 bridgehead atoms. The smallest absolute Gasteiger partial charge is 0.255 e. The number of halogens is 3. The van der Waals surface area contributed by atoms with Crippen molar-refractivity contribution in [3.05, 3.63) is 29.6 Å². The first-order valence-electron chi connectivity index (χ1n) is 4.37. The maximum Gasteiger partial charge on any atom is 0.255 e. The van der Waals surface area contributed by atoms with Crippen molar-refractivity contribution in [3.63, 3.8) is 0 Å². The fourth-order valence-corrected chi connectivity index (χ4v) is 1.13. The summed E-state index contributed by atoms with van der Waals surface area (Å²) in [6.07, 6.45) is -2.66. The van der Waals surface area contributed by atoms with Gasteiger partial charge in [-0.2, -0.15) is 0 Å². The van der Waals surface area contributed by atoms with Gasteiger partial charge in [-0.3, -0.25) is 10.6 Å². The lowest BCUT2D eigenvalue weighted by molar-refractivity contribution is 0.0892. The molecule has 1 aromatic rings. The van der Waals surface area contributed by atoms with Gasteiger partial charge in [-0.05, 0) is 12.1 Å². The van der Waals surface area contributed by atoms with E-state index in [0.717, 1.165) is 6.07 Å². The Morgan fingerprint density at radius 1 is 1.44 bits per heavy atom. The average molecular weight is 233 g/mol. The zero-order valence-corrected chi connectivity index (χ0v) is 8.14. The van der Waals surface area contributed by atoms with E-state index < -0.39 is 24.7 Å². The van der Waals surface area contributed by atoms with E-state index in [4.69, 9.17) is 5.84 Å². The molecule has 16 heavy (non-hydrogen) atoms. The molecular formula is C9H10F3N3O. The van der Waals surface area contributed by atoms with Crippen LogP contribution in [0.25, 0.3) is 0 Å². The highest BCUT2D eigenvalue weighted by atomic mass is 19.3. The number of nitrogens with two attached hydrogens (primary N) is 1. The number of hydrazine groups is 1. The zero-order chi connectivity index (χ0) is 12.1. The van der Waals surface area contributed by atoms with Gasteiger partial charge in [0.25, 0.3) is 12.3 Å². The van der Waals surface area contributed by atoms with E-state index in [-0.39, 0.29) is 11.3 Å². The number of rotatable bonds is 4. The molecule has 0 aliphatic rings. The Hall–Kier alpha value is -1.76. The lowest BCUT2D eigenvalue weighted by atomic mass is 10.1. The molecule has 0 saturated carbocycles. The van der Waals surface area contributed by atoms with Gasteiger partial charge in [-0.1, -0.05) is 6.07 Å². The molecule has 1 amide bonds. The molecule has 1 rings (SSSR count). The Morgan fingerprint density at radius 2 is 2.12 bits per heavy atom. The second-order valence-electron chi connectivity index (χ2n) is 2.91. The van der Waals surface area contributed by atoms with Crippen molar-refractivity contribution in [3.8, 4) is 0 Å². The summed E-state index contributed by atoms with van der Waals surface area (Å²) in [7, 11) is 0. The fourth-order valence-electron chi connectivity index (χ4n) is 1.13. The summed E-state index contributed by atoms with van der Waals surface area (Å²) >= 11 is 0. The number of amides is 1. The van der Waals surface area contributed by atoms with Crippen molar-refractivity contribution in [1.29, 1.82) is 0 Å². The number of carbonyl (C=O) groups is 1. The van der Waals surface area contributed by atoms with Gasteiger partial charge in [-0.15, -0.1) is 0 Å². The summed E-state index contributed by atoms with van der Waals surface area (Å²) in [5, 5.41) is 1.95. The van der Waals surface area contributed by atoms with Crippen LogP contribution in [-0.2, 0) is 0 Å². The minimum atomic E-state index is -2.66. The fraction of sp³-hybridized carbons (Fsp3) is 0.222. The second kappa shape index (κ2) is 5.36. The minimum absolute atomic E-state index is 0.122. The summed E-state index contributed by atoms with van der Waals surface area (Å²) in [6.45, 7) is -0.792. The van der Waals surface area contributed by atoms with Crippen LogP contribution in [-0.4, -0.2) is 18.9 Å². The van der Waals surface area contributed by atoms with Gasteiger partial charge >= 0.3 is 0 Å². The molecule has 7 heteroatoms. The number of para-hydroxylation sites is 1. The normalized spacial score (nSPS) is 10.3. The van der Waals surface area contributed by atoms with E-state index in [1.165, 1.54) is 12.1 Å². The number of hydrogen-bond acceptors (Lipinski definition) is 3. The monoisotopic (exact) mass is 233 g/mol. The third kappa shape index (κ3) is 2.86. The van der Waals surface area contributed by atoms with Crippen molar-refractivity contribution in [2.24, 2.45) is 5.84 Å². The van der Waals surface area contributed by atoms with Gasteiger partial charge in [0.2, 0.25) is 0 Å². The van der Waals surface area contributed by atoms with E-state index in [1.807, 2.05) is 10.7 Å². The Balaban J connectivity index is 2.86. The number of hydrogen-bond donors (Lipinski definition) is 3. The van der Waals surface area contributed by atoms with Crippen LogP contribution >= 0.6 is 0 Å². The molecule has 0 aromatic heterocycles. The predicted molar refractivity (Wildman–Crippen MR) is 52.5 cm³/mol. The van der Waals surface area contributed by atoms with Crippen LogP contribution in [0.2, 0.25) is 0 Å². The van der Waals surface area contributed by atoms with E-state index in [1.54, 1.807) is 0 Å². The van der Waals surface area contributed by atoms with Crippen LogP contribution in [0.4, 0.5) is 18.9 Å². The van der Waals surface area contributed by atoms with Gasteiger partial charge in [0, 0.05) is 0 Å². The molecule has 0 atom stereocenters. The molecule has 1 aromatic carbocycles. The van der Waals surface area contributed by atoms with Crippen molar-refractivity contribution in [2.75, 3.05) is 12.0 Å². The highest BCUT2D eigenvalue weighted by Crippen LogP contribution is 2.18. The van der Waals surface area contributed by atoms with Crippen molar-refractivity contribution in [2.45, 2.75) is 6.43 Å². The third-order valence-electron chi connectivity index (χ3n) is 1.82. The Kier molecular flexibility index (Phi) is 4.12. The summed E-state index contributed by atoms with van der Waals surface area (Å²) in [4.78, 5) is 11.4. The van der Waals surface area contributed by atoms with Gasteiger partial charge in [-0.25, -0.2) is 13.2 Å². The lowest BCUT2D eigenvalue weighted by Gasteiger charge is -2.09. The molecule has 88 valence electrons.